The van der Waals surface area contributed by atoms with Gasteiger partial charge >= 0.3 is 11.9 Å². The standard InChI is InChI=1S/C19H22NO8PS/c21-16(22)12-11-15(19(23)24)18(29(25)26)17(13-7-3-1-4-8-13)20-30(27,28)14-9-5-2-6-10-14/h1-10,15,17-18,20,29H,11-12H2,(H,21,22)(H,23,24)(H,25,26). The molecule has 4 atom stereocenters. The first-order valence-electron chi connectivity index (χ1n) is 8.93. The molecule has 0 radical (unpaired) electrons. The van der Waals surface area contributed by atoms with E-state index in [-0.39, 0.29) is 10.5 Å². The maximum absolute atomic E-state index is 12.9. The highest BCUT2D eigenvalue weighted by molar-refractivity contribution is 7.89. The summed E-state index contributed by atoms with van der Waals surface area (Å²) in [7, 11) is -7.78. The second-order valence-corrected chi connectivity index (χ2v) is 9.62. The van der Waals surface area contributed by atoms with Crippen molar-refractivity contribution < 1.29 is 37.7 Å². The Morgan fingerprint density at radius 3 is 1.97 bits per heavy atom. The van der Waals surface area contributed by atoms with Crippen molar-refractivity contribution in [2.24, 2.45) is 5.92 Å². The summed E-state index contributed by atoms with van der Waals surface area (Å²) >= 11 is 0. The minimum absolute atomic E-state index is 0.0975. The van der Waals surface area contributed by atoms with Gasteiger partial charge in [-0.2, -0.15) is 0 Å². The van der Waals surface area contributed by atoms with Crippen LogP contribution in [0.3, 0.4) is 0 Å². The molecule has 0 saturated heterocycles. The van der Waals surface area contributed by atoms with Gasteiger partial charge in [-0.25, -0.2) is 13.1 Å². The minimum Gasteiger partial charge on any atom is -0.481 e. The van der Waals surface area contributed by atoms with E-state index in [1.54, 1.807) is 24.3 Å². The van der Waals surface area contributed by atoms with Crippen molar-refractivity contribution in [3.8, 4) is 0 Å². The highest BCUT2D eigenvalue weighted by Crippen LogP contribution is 2.41. The summed E-state index contributed by atoms with van der Waals surface area (Å²) in [5, 5.41) is 18.5. The second-order valence-electron chi connectivity index (χ2n) is 6.56. The first-order chi connectivity index (χ1) is 14.1. The predicted molar refractivity (Wildman–Crippen MR) is 109 cm³/mol. The fourth-order valence-corrected chi connectivity index (χ4v) is 5.73. The molecule has 0 aliphatic carbocycles. The summed E-state index contributed by atoms with van der Waals surface area (Å²) in [4.78, 5) is 32.7. The van der Waals surface area contributed by atoms with E-state index >= 15 is 0 Å². The van der Waals surface area contributed by atoms with Gasteiger partial charge in [-0.3, -0.25) is 14.2 Å². The molecule has 4 unspecified atom stereocenters. The number of carboxylic acid groups (broad SMARTS) is 2. The Morgan fingerprint density at radius 2 is 1.50 bits per heavy atom. The van der Waals surface area contributed by atoms with Crippen molar-refractivity contribution in [2.45, 2.75) is 29.4 Å². The Balaban J connectivity index is 2.54. The zero-order valence-electron chi connectivity index (χ0n) is 15.7. The average molecular weight is 455 g/mol. The van der Waals surface area contributed by atoms with E-state index in [0.717, 1.165) is 0 Å². The Kier molecular flexibility index (Phi) is 8.31. The lowest BCUT2D eigenvalue weighted by molar-refractivity contribution is -0.143. The molecule has 2 rings (SSSR count). The largest absolute Gasteiger partial charge is 0.481 e. The van der Waals surface area contributed by atoms with Crippen LogP contribution in [-0.4, -0.2) is 41.1 Å². The first kappa shape index (κ1) is 23.8. The molecule has 0 fully saturated rings. The number of hydrogen-bond donors (Lipinski definition) is 4. The van der Waals surface area contributed by atoms with Gasteiger partial charge in [0.1, 0.15) is 0 Å². The van der Waals surface area contributed by atoms with Crippen LogP contribution in [-0.2, 0) is 24.2 Å². The van der Waals surface area contributed by atoms with E-state index < -0.39 is 60.5 Å². The molecule has 0 saturated carbocycles. The number of carboxylic acids is 2. The lowest BCUT2D eigenvalue weighted by Crippen LogP contribution is -2.41. The van der Waals surface area contributed by atoms with Crippen molar-refractivity contribution in [1.82, 2.24) is 4.72 Å². The summed E-state index contributed by atoms with van der Waals surface area (Å²) in [6.07, 6.45) is -0.974. The summed E-state index contributed by atoms with van der Waals surface area (Å²) in [6.45, 7) is 0. The second kappa shape index (κ2) is 10.5. The highest BCUT2D eigenvalue weighted by atomic mass is 32.2. The van der Waals surface area contributed by atoms with Crippen LogP contribution in [0.1, 0.15) is 24.4 Å². The van der Waals surface area contributed by atoms with Crippen molar-refractivity contribution in [1.29, 1.82) is 0 Å². The molecule has 2 aromatic carbocycles. The molecule has 11 heteroatoms. The Hall–Kier alpha value is -2.52. The molecule has 4 N–H and O–H groups in total. The van der Waals surface area contributed by atoms with Crippen LogP contribution in [0.25, 0.3) is 0 Å². The fraction of sp³-hybridized carbons (Fsp3) is 0.263. The fourth-order valence-electron chi connectivity index (χ4n) is 3.13. The van der Waals surface area contributed by atoms with Gasteiger partial charge in [0.05, 0.1) is 22.5 Å². The Bertz CT molecular complexity index is 998. The van der Waals surface area contributed by atoms with Crippen molar-refractivity contribution in [2.75, 3.05) is 0 Å². The summed E-state index contributed by atoms with van der Waals surface area (Å²) in [5.74, 6) is -4.30. The van der Waals surface area contributed by atoms with Gasteiger partial charge in [-0.1, -0.05) is 48.5 Å². The molecule has 30 heavy (non-hydrogen) atoms. The molecule has 0 bridgehead atoms. The van der Waals surface area contributed by atoms with E-state index in [9.17, 15) is 32.6 Å². The Labute approximate surface area is 174 Å². The van der Waals surface area contributed by atoms with E-state index in [0.29, 0.717) is 0 Å². The maximum Gasteiger partial charge on any atom is 0.307 e. The van der Waals surface area contributed by atoms with Crippen LogP contribution in [0.4, 0.5) is 0 Å². The van der Waals surface area contributed by atoms with Crippen LogP contribution in [0, 0.1) is 5.92 Å². The number of rotatable bonds is 11. The van der Waals surface area contributed by atoms with Gasteiger partial charge in [-0.15, -0.1) is 0 Å². The van der Waals surface area contributed by atoms with Crippen molar-refractivity contribution in [3.05, 3.63) is 66.2 Å². The van der Waals surface area contributed by atoms with Crippen molar-refractivity contribution in [3.63, 3.8) is 0 Å². The summed E-state index contributed by atoms with van der Waals surface area (Å²) in [5.41, 5.74) is -1.27. The lowest BCUT2D eigenvalue weighted by Gasteiger charge is -2.30. The third kappa shape index (κ3) is 6.24. The van der Waals surface area contributed by atoms with E-state index in [2.05, 4.69) is 4.72 Å². The van der Waals surface area contributed by atoms with Gasteiger partial charge < -0.3 is 15.1 Å². The summed E-state index contributed by atoms with van der Waals surface area (Å²) in [6, 6.07) is 13.8. The molecular formula is C19H22NO8PS. The third-order valence-corrected chi connectivity index (χ3v) is 7.32. The molecule has 0 spiro atoms. The molecule has 0 aromatic heterocycles. The topological polar surface area (TPSA) is 158 Å². The van der Waals surface area contributed by atoms with Gasteiger partial charge in [0.25, 0.3) is 0 Å². The highest BCUT2D eigenvalue weighted by Gasteiger charge is 2.41. The third-order valence-electron chi connectivity index (χ3n) is 4.56. The zero-order chi connectivity index (χ0) is 22.3. The molecule has 0 amide bonds. The quantitative estimate of drug-likeness (QED) is 0.375. The number of nitrogens with one attached hydrogen (secondary N) is 1. The molecule has 9 nitrogen and oxygen atoms in total. The normalized spacial score (nSPS) is 15.6. The van der Waals surface area contributed by atoms with E-state index in [1.165, 1.54) is 36.4 Å². The van der Waals surface area contributed by atoms with E-state index in [4.69, 9.17) is 5.11 Å². The molecule has 2 aromatic rings. The predicted octanol–water partition coefficient (Wildman–Crippen LogP) is 2.11. The SMILES string of the molecule is O=C(O)CCC(C(=O)O)C(C(NS(=O)(=O)c1ccccc1)c1ccccc1)[PH](=O)O. The molecule has 0 aliphatic rings. The van der Waals surface area contributed by atoms with Crippen molar-refractivity contribution >= 4 is 30.0 Å². The van der Waals surface area contributed by atoms with Gasteiger partial charge in [0.15, 0.2) is 8.03 Å². The van der Waals surface area contributed by atoms with E-state index in [1.807, 2.05) is 0 Å². The van der Waals surface area contributed by atoms with Crippen LogP contribution < -0.4 is 4.72 Å². The first-order valence-corrected chi connectivity index (χ1v) is 11.8. The number of sulfonamides is 1. The van der Waals surface area contributed by atoms with Crippen LogP contribution in [0.5, 0.6) is 0 Å². The van der Waals surface area contributed by atoms with Gasteiger partial charge in [0, 0.05) is 6.42 Å². The maximum atomic E-state index is 12.9. The molecular weight excluding hydrogens is 433 g/mol. The number of aliphatic carboxylic acids is 2. The monoisotopic (exact) mass is 455 g/mol. The molecule has 0 heterocycles. The smallest absolute Gasteiger partial charge is 0.307 e. The summed E-state index contributed by atoms with van der Waals surface area (Å²) < 4.78 is 40.4. The Morgan fingerprint density at radius 1 is 0.967 bits per heavy atom. The number of carbonyl (C=O) groups is 2. The number of benzene rings is 2. The minimum atomic E-state index is -4.17. The molecule has 0 aliphatic heterocycles. The van der Waals surface area contributed by atoms with Gasteiger partial charge in [0.2, 0.25) is 10.0 Å². The molecule has 162 valence electrons. The van der Waals surface area contributed by atoms with Gasteiger partial charge in [-0.05, 0) is 24.1 Å². The van der Waals surface area contributed by atoms with Crippen LogP contribution >= 0.6 is 8.03 Å². The lowest BCUT2D eigenvalue weighted by atomic mass is 9.91. The number of hydrogen-bond acceptors (Lipinski definition) is 5. The zero-order valence-corrected chi connectivity index (χ0v) is 17.5. The van der Waals surface area contributed by atoms with Crippen LogP contribution in [0.2, 0.25) is 0 Å². The average Bonchev–Trinajstić information content (AvgIpc) is 2.70. The van der Waals surface area contributed by atoms with Crippen LogP contribution in [0.15, 0.2) is 65.6 Å².